The summed E-state index contributed by atoms with van der Waals surface area (Å²) < 4.78 is 0. The Bertz CT molecular complexity index is 226. The van der Waals surface area contributed by atoms with Crippen LogP contribution in [0.25, 0.3) is 0 Å². The van der Waals surface area contributed by atoms with Gasteiger partial charge in [-0.25, -0.2) is 0 Å². The van der Waals surface area contributed by atoms with Gasteiger partial charge < -0.3 is 0 Å². The predicted molar refractivity (Wildman–Crippen MR) is 42.7 cm³/mol. The second kappa shape index (κ2) is 2.25. The Morgan fingerprint density at radius 2 is 2.30 bits per heavy atom. The number of allylic oxidation sites excluding steroid dienone is 4. The van der Waals surface area contributed by atoms with Crippen molar-refractivity contribution in [2.75, 3.05) is 0 Å². The van der Waals surface area contributed by atoms with Gasteiger partial charge in [-0.3, -0.25) is 4.99 Å². The number of nitrogens with zero attached hydrogens (tertiary/aromatic N) is 1. The molecule has 0 aromatic carbocycles. The van der Waals surface area contributed by atoms with E-state index in [0.29, 0.717) is 0 Å². The number of dihydropyridines is 1. The Labute approximate surface area is 60.5 Å². The third kappa shape index (κ3) is 0.838. The summed E-state index contributed by atoms with van der Waals surface area (Å²) in [4.78, 5) is 4.03. The zero-order valence-corrected chi connectivity index (χ0v) is 5.62. The Kier molecular flexibility index (Phi) is 1.28. The van der Waals surface area contributed by atoms with Crippen LogP contribution in [0.4, 0.5) is 0 Å². The highest BCUT2D eigenvalue weighted by Gasteiger charge is 2.07. The van der Waals surface area contributed by atoms with Crippen LogP contribution in [0.3, 0.4) is 0 Å². The van der Waals surface area contributed by atoms with Crippen molar-refractivity contribution in [1.82, 2.24) is 0 Å². The average molecular weight is 130 g/mol. The summed E-state index contributed by atoms with van der Waals surface area (Å²) in [6, 6.07) is 0. The quantitative estimate of drug-likeness (QED) is 0.476. The molecule has 0 aromatic heterocycles. The normalized spacial score (nSPS) is 21.6. The summed E-state index contributed by atoms with van der Waals surface area (Å²) in [5, 5.41) is 0. The van der Waals surface area contributed by atoms with Gasteiger partial charge in [-0.2, -0.15) is 0 Å². The largest absolute Gasteiger partial charge is 0.282 e. The summed E-state index contributed by atoms with van der Waals surface area (Å²) in [6.45, 7) is 1.90. The maximum Gasteiger partial charge on any atom is 0.102 e. The average Bonchev–Trinajstić information content (AvgIpc) is 2.05. The third-order valence-electron chi connectivity index (χ3n) is 1.70. The monoisotopic (exact) mass is 130 g/mol. The van der Waals surface area contributed by atoms with Crippen LogP contribution >= 0.6 is 0 Å². The molecule has 0 saturated carbocycles. The van der Waals surface area contributed by atoms with E-state index in [1.54, 1.807) is 0 Å². The molecule has 2 rings (SSSR count). The molecule has 0 atom stereocenters. The summed E-state index contributed by atoms with van der Waals surface area (Å²) in [5.74, 6) is 0. The number of fused-ring (bicyclic) bond motifs is 1. The minimum absolute atomic E-state index is 1.05. The van der Waals surface area contributed by atoms with E-state index in [1.165, 1.54) is 11.1 Å². The van der Waals surface area contributed by atoms with Gasteiger partial charge >= 0.3 is 0 Å². The highest BCUT2D eigenvalue weighted by molar-refractivity contribution is 5.77. The smallest absolute Gasteiger partial charge is 0.102 e. The van der Waals surface area contributed by atoms with Gasteiger partial charge in [0.15, 0.2) is 0 Å². The minimum atomic E-state index is 1.05. The molecule has 1 nitrogen and oxygen atoms in total. The van der Waals surface area contributed by atoms with Gasteiger partial charge in [0.1, 0.15) is 6.54 Å². The Balaban J connectivity index is 2.38. The summed E-state index contributed by atoms with van der Waals surface area (Å²) in [7, 11) is 0. The van der Waals surface area contributed by atoms with Crippen LogP contribution in [0.5, 0.6) is 0 Å². The first kappa shape index (κ1) is 5.66. The Morgan fingerprint density at radius 1 is 1.30 bits per heavy atom. The van der Waals surface area contributed by atoms with Crippen LogP contribution in [0.1, 0.15) is 6.42 Å². The molecule has 10 heavy (non-hydrogen) atoms. The Morgan fingerprint density at radius 3 is 3.20 bits per heavy atom. The van der Waals surface area contributed by atoms with Gasteiger partial charge in [0, 0.05) is 6.21 Å². The molecule has 1 heteroatoms. The molecule has 0 aromatic rings. The van der Waals surface area contributed by atoms with E-state index in [9.17, 15) is 0 Å². The van der Waals surface area contributed by atoms with Gasteiger partial charge in [-0.15, -0.1) is 0 Å². The standard InChI is InChI=1S/C9H8N/c1-2-4-9-7-10-6-5-8(9)3-1/h1-2,4-7H,3H2. The fraction of sp³-hybridized carbons (Fsp3) is 0.111. The molecule has 0 N–H and O–H groups in total. The third-order valence-corrected chi connectivity index (χ3v) is 1.70. The molecule has 1 heterocycles. The first-order valence-corrected chi connectivity index (χ1v) is 3.39. The molecule has 0 saturated heterocycles. The van der Waals surface area contributed by atoms with Crippen LogP contribution in [0.2, 0.25) is 0 Å². The van der Waals surface area contributed by atoms with Gasteiger partial charge in [0.2, 0.25) is 0 Å². The van der Waals surface area contributed by atoms with E-state index in [4.69, 9.17) is 0 Å². The predicted octanol–water partition coefficient (Wildman–Crippen LogP) is 2.05. The molecule has 0 fully saturated rings. The van der Waals surface area contributed by atoms with Gasteiger partial charge in [0.05, 0.1) is 0 Å². The van der Waals surface area contributed by atoms with Crippen molar-refractivity contribution >= 4 is 6.21 Å². The number of hydrogen-bond donors (Lipinski definition) is 0. The molecule has 0 bridgehead atoms. The topological polar surface area (TPSA) is 12.4 Å². The van der Waals surface area contributed by atoms with Crippen LogP contribution in [-0.4, -0.2) is 6.21 Å². The molecule has 0 spiro atoms. The van der Waals surface area contributed by atoms with Gasteiger partial charge in [-0.05, 0) is 23.6 Å². The molecule has 49 valence electrons. The zero-order valence-electron chi connectivity index (χ0n) is 5.62. The van der Waals surface area contributed by atoms with E-state index in [1.807, 2.05) is 12.8 Å². The maximum absolute atomic E-state index is 4.03. The lowest BCUT2D eigenvalue weighted by Crippen LogP contribution is -1.97. The van der Waals surface area contributed by atoms with Crippen LogP contribution < -0.4 is 0 Å². The van der Waals surface area contributed by atoms with Crippen molar-refractivity contribution in [3.63, 3.8) is 0 Å². The number of aliphatic imine (C=N–C) groups is 1. The van der Waals surface area contributed by atoms with Crippen molar-refractivity contribution in [1.29, 1.82) is 0 Å². The van der Waals surface area contributed by atoms with E-state index in [-0.39, 0.29) is 0 Å². The van der Waals surface area contributed by atoms with Crippen molar-refractivity contribution in [3.8, 4) is 0 Å². The molecule has 1 radical (unpaired) electrons. The summed E-state index contributed by atoms with van der Waals surface area (Å²) in [6.07, 6.45) is 11.3. The van der Waals surface area contributed by atoms with Crippen molar-refractivity contribution < 1.29 is 0 Å². The van der Waals surface area contributed by atoms with E-state index in [0.717, 1.165) is 6.42 Å². The van der Waals surface area contributed by atoms with E-state index >= 15 is 0 Å². The minimum Gasteiger partial charge on any atom is -0.282 e. The maximum atomic E-state index is 4.03. The first-order chi connectivity index (χ1) is 4.97. The summed E-state index contributed by atoms with van der Waals surface area (Å²) >= 11 is 0. The van der Waals surface area contributed by atoms with Gasteiger partial charge in [0.25, 0.3) is 0 Å². The molecule has 0 amide bonds. The molecule has 1 aliphatic heterocycles. The van der Waals surface area contributed by atoms with Crippen molar-refractivity contribution in [2.24, 2.45) is 4.99 Å². The lowest BCUT2D eigenvalue weighted by Gasteiger charge is -2.12. The fourth-order valence-corrected chi connectivity index (χ4v) is 1.14. The second-order valence-electron chi connectivity index (χ2n) is 2.37. The van der Waals surface area contributed by atoms with E-state index < -0.39 is 0 Å². The number of rotatable bonds is 0. The van der Waals surface area contributed by atoms with Crippen molar-refractivity contribution in [2.45, 2.75) is 6.42 Å². The second-order valence-corrected chi connectivity index (χ2v) is 2.37. The molecule has 0 unspecified atom stereocenters. The lowest BCUT2D eigenvalue weighted by molar-refractivity contribution is 1.16. The Hall–Kier alpha value is -1.11. The van der Waals surface area contributed by atoms with Crippen LogP contribution in [0.15, 0.2) is 40.4 Å². The summed E-state index contributed by atoms with van der Waals surface area (Å²) in [5.41, 5.74) is 2.63. The highest BCUT2D eigenvalue weighted by Crippen LogP contribution is 2.23. The zero-order chi connectivity index (χ0) is 6.81. The lowest BCUT2D eigenvalue weighted by atomic mass is 9.97. The molecule has 1 aliphatic carbocycles. The van der Waals surface area contributed by atoms with Crippen LogP contribution in [0, 0.1) is 6.54 Å². The number of hydrogen-bond acceptors (Lipinski definition) is 1. The SMILES string of the molecule is [CH]1N=CC=C2CC=CC=C12. The first-order valence-electron chi connectivity index (χ1n) is 3.39. The molecular weight excluding hydrogens is 122 g/mol. The van der Waals surface area contributed by atoms with Gasteiger partial charge in [-0.1, -0.05) is 18.2 Å². The van der Waals surface area contributed by atoms with Crippen molar-refractivity contribution in [3.05, 3.63) is 42.0 Å². The molecular formula is C9H8N. The fourth-order valence-electron chi connectivity index (χ4n) is 1.14. The highest BCUT2D eigenvalue weighted by atomic mass is 14.7. The van der Waals surface area contributed by atoms with Crippen LogP contribution in [-0.2, 0) is 0 Å². The molecule has 2 aliphatic rings. The van der Waals surface area contributed by atoms with E-state index in [2.05, 4.69) is 29.3 Å².